The van der Waals surface area contributed by atoms with Gasteiger partial charge in [0.2, 0.25) is 0 Å². The van der Waals surface area contributed by atoms with Crippen molar-refractivity contribution in [2.24, 2.45) is 0 Å². The maximum atomic E-state index is 11.6. The molecule has 0 unspecified atom stereocenters. The fourth-order valence-corrected chi connectivity index (χ4v) is 2.54. The Morgan fingerprint density at radius 2 is 2.29 bits per heavy atom. The summed E-state index contributed by atoms with van der Waals surface area (Å²) < 4.78 is 4.99. The van der Waals surface area contributed by atoms with E-state index in [0.29, 0.717) is 23.1 Å². The standard InChI is InChI=1S/C12H13Cl2NO2/c1-2-17-12(16)10-4-3-8-9(14)5-7(13)6-11(8)15-10/h5-6,10,15H,2-4H2,1H3/t10-/m1/s1. The van der Waals surface area contributed by atoms with Gasteiger partial charge in [0, 0.05) is 15.7 Å². The molecule has 1 atom stereocenters. The molecule has 0 radical (unpaired) electrons. The van der Waals surface area contributed by atoms with Crippen LogP contribution in [0.25, 0.3) is 0 Å². The van der Waals surface area contributed by atoms with Gasteiger partial charge in [-0.2, -0.15) is 0 Å². The lowest BCUT2D eigenvalue weighted by Crippen LogP contribution is -2.35. The van der Waals surface area contributed by atoms with Crippen molar-refractivity contribution in [2.75, 3.05) is 11.9 Å². The van der Waals surface area contributed by atoms with E-state index in [-0.39, 0.29) is 12.0 Å². The fourth-order valence-electron chi connectivity index (χ4n) is 1.95. The number of carbonyl (C=O) groups excluding carboxylic acids is 1. The van der Waals surface area contributed by atoms with Gasteiger partial charge in [-0.05, 0) is 37.5 Å². The Hall–Kier alpha value is -0.930. The van der Waals surface area contributed by atoms with Gasteiger partial charge < -0.3 is 10.1 Å². The van der Waals surface area contributed by atoms with Crippen molar-refractivity contribution >= 4 is 34.9 Å². The van der Waals surface area contributed by atoms with E-state index >= 15 is 0 Å². The summed E-state index contributed by atoms with van der Waals surface area (Å²) >= 11 is 12.0. The molecular weight excluding hydrogens is 261 g/mol. The largest absolute Gasteiger partial charge is 0.464 e. The predicted octanol–water partition coefficient (Wildman–Crippen LogP) is 3.28. The minimum Gasteiger partial charge on any atom is -0.464 e. The first-order chi connectivity index (χ1) is 8.11. The number of ether oxygens (including phenoxy) is 1. The highest BCUT2D eigenvalue weighted by Gasteiger charge is 2.26. The molecule has 0 saturated heterocycles. The van der Waals surface area contributed by atoms with Crippen LogP contribution in [0, 0.1) is 0 Å². The second-order valence-electron chi connectivity index (χ2n) is 3.90. The molecule has 0 aromatic heterocycles. The van der Waals surface area contributed by atoms with Crippen molar-refractivity contribution in [1.82, 2.24) is 0 Å². The first kappa shape index (κ1) is 12.5. The molecule has 0 spiro atoms. The van der Waals surface area contributed by atoms with Crippen molar-refractivity contribution in [1.29, 1.82) is 0 Å². The third kappa shape index (κ3) is 2.67. The molecule has 1 aliphatic rings. The summed E-state index contributed by atoms with van der Waals surface area (Å²) in [5.41, 5.74) is 1.84. The first-order valence-electron chi connectivity index (χ1n) is 5.53. The SMILES string of the molecule is CCOC(=O)[C@H]1CCc2c(Cl)cc(Cl)cc2N1. The van der Waals surface area contributed by atoms with E-state index < -0.39 is 0 Å². The number of rotatable bonds is 2. The average molecular weight is 274 g/mol. The van der Waals surface area contributed by atoms with Crippen LogP contribution in [0.5, 0.6) is 0 Å². The molecule has 0 saturated carbocycles. The Labute approximate surface area is 110 Å². The van der Waals surface area contributed by atoms with Gasteiger partial charge in [0.1, 0.15) is 6.04 Å². The number of halogens is 2. The van der Waals surface area contributed by atoms with Crippen molar-refractivity contribution in [3.05, 3.63) is 27.7 Å². The summed E-state index contributed by atoms with van der Waals surface area (Å²) in [4.78, 5) is 11.6. The quantitative estimate of drug-likeness (QED) is 0.841. The molecule has 0 amide bonds. The number of benzene rings is 1. The lowest BCUT2D eigenvalue weighted by Gasteiger charge is -2.26. The molecule has 5 heteroatoms. The number of carbonyl (C=O) groups is 1. The van der Waals surface area contributed by atoms with Crippen LogP contribution < -0.4 is 5.32 Å². The van der Waals surface area contributed by atoms with Gasteiger partial charge >= 0.3 is 5.97 Å². The normalized spacial score (nSPS) is 18.2. The average Bonchev–Trinajstić information content (AvgIpc) is 2.28. The molecule has 1 aromatic rings. The number of nitrogens with one attached hydrogen (secondary N) is 1. The first-order valence-corrected chi connectivity index (χ1v) is 6.28. The zero-order valence-electron chi connectivity index (χ0n) is 9.43. The molecule has 17 heavy (non-hydrogen) atoms. The van der Waals surface area contributed by atoms with E-state index in [2.05, 4.69) is 5.32 Å². The molecule has 1 aliphatic heterocycles. The highest BCUT2D eigenvalue weighted by Crippen LogP contribution is 2.34. The smallest absolute Gasteiger partial charge is 0.328 e. The van der Waals surface area contributed by atoms with E-state index in [4.69, 9.17) is 27.9 Å². The molecule has 92 valence electrons. The molecule has 0 bridgehead atoms. The zero-order chi connectivity index (χ0) is 12.4. The Kier molecular flexibility index (Phi) is 3.79. The zero-order valence-corrected chi connectivity index (χ0v) is 10.9. The highest BCUT2D eigenvalue weighted by atomic mass is 35.5. The molecule has 1 aromatic carbocycles. The van der Waals surface area contributed by atoms with Crippen molar-refractivity contribution < 1.29 is 9.53 Å². The lowest BCUT2D eigenvalue weighted by atomic mass is 9.98. The fraction of sp³-hybridized carbons (Fsp3) is 0.417. The Morgan fingerprint density at radius 1 is 1.53 bits per heavy atom. The summed E-state index contributed by atoms with van der Waals surface area (Å²) in [6, 6.07) is 3.19. The van der Waals surface area contributed by atoms with Crippen LogP contribution in [-0.2, 0) is 16.0 Å². The van der Waals surface area contributed by atoms with Gasteiger partial charge in [0.25, 0.3) is 0 Å². The van der Waals surface area contributed by atoms with Gasteiger partial charge in [-0.1, -0.05) is 23.2 Å². The number of hydrogen-bond donors (Lipinski definition) is 1. The third-order valence-corrected chi connectivity index (χ3v) is 3.30. The third-order valence-electron chi connectivity index (χ3n) is 2.74. The van der Waals surface area contributed by atoms with Gasteiger partial charge in [-0.3, -0.25) is 0 Å². The van der Waals surface area contributed by atoms with E-state index in [0.717, 1.165) is 17.7 Å². The molecule has 2 rings (SSSR count). The van der Waals surface area contributed by atoms with Crippen LogP contribution in [-0.4, -0.2) is 18.6 Å². The van der Waals surface area contributed by atoms with Crippen LogP contribution in [0.1, 0.15) is 18.9 Å². The summed E-state index contributed by atoms with van der Waals surface area (Å²) in [5.74, 6) is -0.228. The second-order valence-corrected chi connectivity index (χ2v) is 4.75. The van der Waals surface area contributed by atoms with E-state index in [1.54, 1.807) is 19.1 Å². The summed E-state index contributed by atoms with van der Waals surface area (Å²) in [6.45, 7) is 2.18. The van der Waals surface area contributed by atoms with Crippen LogP contribution >= 0.6 is 23.2 Å². The monoisotopic (exact) mass is 273 g/mol. The van der Waals surface area contributed by atoms with E-state index in [1.807, 2.05) is 0 Å². The van der Waals surface area contributed by atoms with Crippen LogP contribution in [0.3, 0.4) is 0 Å². The highest BCUT2D eigenvalue weighted by molar-refractivity contribution is 6.35. The minimum atomic E-state index is -0.308. The van der Waals surface area contributed by atoms with Crippen LogP contribution in [0.4, 0.5) is 5.69 Å². The van der Waals surface area contributed by atoms with Gasteiger partial charge in [-0.25, -0.2) is 4.79 Å². The minimum absolute atomic E-state index is 0.228. The second kappa shape index (κ2) is 5.15. The van der Waals surface area contributed by atoms with Gasteiger partial charge in [-0.15, -0.1) is 0 Å². The Balaban J connectivity index is 2.21. The molecule has 3 nitrogen and oxygen atoms in total. The summed E-state index contributed by atoms with van der Waals surface area (Å²) in [7, 11) is 0. The van der Waals surface area contributed by atoms with Crippen LogP contribution in [0.15, 0.2) is 12.1 Å². The lowest BCUT2D eigenvalue weighted by molar-refractivity contribution is -0.144. The van der Waals surface area contributed by atoms with E-state index in [1.165, 1.54) is 0 Å². The summed E-state index contributed by atoms with van der Waals surface area (Å²) in [5, 5.41) is 4.32. The van der Waals surface area contributed by atoms with Gasteiger partial charge in [0.05, 0.1) is 6.61 Å². The number of hydrogen-bond acceptors (Lipinski definition) is 3. The molecule has 1 N–H and O–H groups in total. The molecule has 0 fully saturated rings. The maximum Gasteiger partial charge on any atom is 0.328 e. The number of esters is 1. The van der Waals surface area contributed by atoms with Crippen LogP contribution in [0.2, 0.25) is 10.0 Å². The number of anilines is 1. The Morgan fingerprint density at radius 3 is 3.00 bits per heavy atom. The van der Waals surface area contributed by atoms with Crippen molar-refractivity contribution in [2.45, 2.75) is 25.8 Å². The topological polar surface area (TPSA) is 38.3 Å². The maximum absolute atomic E-state index is 11.6. The van der Waals surface area contributed by atoms with E-state index in [9.17, 15) is 4.79 Å². The predicted molar refractivity (Wildman–Crippen MR) is 68.8 cm³/mol. The summed E-state index contributed by atoms with van der Waals surface area (Å²) in [6.07, 6.45) is 1.44. The molecule has 1 heterocycles. The van der Waals surface area contributed by atoms with Crippen molar-refractivity contribution in [3.8, 4) is 0 Å². The van der Waals surface area contributed by atoms with Gasteiger partial charge in [0.15, 0.2) is 0 Å². The number of fused-ring (bicyclic) bond motifs is 1. The molecular formula is C12H13Cl2NO2. The Bertz CT molecular complexity index is 448. The van der Waals surface area contributed by atoms with Crippen molar-refractivity contribution in [3.63, 3.8) is 0 Å². The molecule has 0 aliphatic carbocycles.